The van der Waals surface area contributed by atoms with Gasteiger partial charge in [0.15, 0.2) is 10.8 Å². The van der Waals surface area contributed by atoms with Crippen LogP contribution in [0.25, 0.3) is 0 Å². The SMILES string of the molecule is N#CCN1CC/C(=C\C2=C(C(=O)O)N3C(=O)[C@@H](NC(=O)/C(=N\O)c4csc(N)n4)[C@H]3SC2)C1=O. The third kappa shape index (κ3) is 3.97. The number of thioether (sulfide) groups is 1. The van der Waals surface area contributed by atoms with Gasteiger partial charge in [0.25, 0.3) is 17.7 Å². The molecule has 4 rings (SSSR count). The van der Waals surface area contributed by atoms with Crippen LogP contribution in [0.5, 0.6) is 0 Å². The summed E-state index contributed by atoms with van der Waals surface area (Å²) in [6.45, 7) is 0.302. The van der Waals surface area contributed by atoms with E-state index in [-0.39, 0.29) is 34.7 Å². The molecular weight excluding hydrogens is 486 g/mol. The maximum Gasteiger partial charge on any atom is 0.352 e. The van der Waals surface area contributed by atoms with Crippen molar-refractivity contribution < 1.29 is 29.5 Å². The number of carbonyl (C=O) groups is 4. The number of fused-ring (bicyclic) bond motifs is 1. The second-order valence-corrected chi connectivity index (χ2v) is 9.36. The lowest BCUT2D eigenvalue weighted by Crippen LogP contribution is -2.71. The van der Waals surface area contributed by atoms with E-state index in [2.05, 4.69) is 15.5 Å². The fourth-order valence-corrected chi connectivity index (χ4v) is 5.67. The molecule has 5 N–H and O–H groups in total. The molecule has 0 saturated carbocycles. The first kappa shape index (κ1) is 23.3. The second kappa shape index (κ2) is 9.15. The molecule has 1 aromatic rings. The number of rotatable bonds is 6. The zero-order chi connectivity index (χ0) is 24.6. The number of β-lactam (4-membered cyclic amide) rings is 1. The highest BCUT2D eigenvalue weighted by Gasteiger charge is 2.54. The van der Waals surface area contributed by atoms with E-state index < -0.39 is 34.9 Å². The number of nitrogens with zero attached hydrogens (tertiary/aromatic N) is 5. The minimum absolute atomic E-state index is 0.0362. The second-order valence-electron chi connectivity index (χ2n) is 7.36. The van der Waals surface area contributed by atoms with Crippen molar-refractivity contribution in [2.24, 2.45) is 5.16 Å². The van der Waals surface area contributed by atoms with Crippen LogP contribution in [0.15, 0.2) is 33.5 Å². The normalized spacial score (nSPS) is 23.6. The number of carboxylic acid groups (broad SMARTS) is 1. The van der Waals surface area contributed by atoms with Gasteiger partial charge in [-0.3, -0.25) is 19.3 Å². The number of nitriles is 1. The van der Waals surface area contributed by atoms with Crippen molar-refractivity contribution in [3.63, 3.8) is 0 Å². The molecule has 0 aromatic carbocycles. The average molecular weight is 504 g/mol. The third-order valence-corrected chi connectivity index (χ3v) is 7.37. The lowest BCUT2D eigenvalue weighted by Gasteiger charge is -2.49. The van der Waals surface area contributed by atoms with Crippen molar-refractivity contribution in [2.45, 2.75) is 17.8 Å². The minimum atomic E-state index is -1.34. The summed E-state index contributed by atoms with van der Waals surface area (Å²) in [6, 6.07) is 0.862. The summed E-state index contributed by atoms with van der Waals surface area (Å²) in [5.41, 5.74) is 5.55. The number of anilines is 1. The zero-order valence-corrected chi connectivity index (χ0v) is 18.9. The number of hydrogen-bond donors (Lipinski definition) is 4. The van der Waals surface area contributed by atoms with Crippen molar-refractivity contribution in [2.75, 3.05) is 24.6 Å². The maximum absolute atomic E-state index is 12.8. The van der Waals surface area contributed by atoms with Crippen LogP contribution in [0, 0.1) is 11.3 Å². The standard InChI is InChI=1S/C19H17N7O6S2/c20-2-4-25-3-1-8(15(25)28)5-9-6-33-17-12(16(29)26(17)13(9)18(30)31)23-14(27)11(24-32)10-7-34-19(21)22-10/h5,7,12,17,32H,1,3-4,6H2,(H2,21,22)(H,23,27)(H,30,31)/b8-5+,24-11-/t12-,17-/m1/s1. The predicted octanol–water partition coefficient (Wildman–Crippen LogP) is -0.676. The summed E-state index contributed by atoms with van der Waals surface area (Å²) in [5, 5.41) is 34.1. The monoisotopic (exact) mass is 503 g/mol. The first-order chi connectivity index (χ1) is 16.3. The van der Waals surface area contributed by atoms with Crippen LogP contribution in [-0.2, 0) is 19.2 Å². The van der Waals surface area contributed by atoms with Crippen molar-refractivity contribution in [3.05, 3.63) is 34.0 Å². The summed E-state index contributed by atoms with van der Waals surface area (Å²) in [6.07, 6.45) is 1.83. The largest absolute Gasteiger partial charge is 0.477 e. The van der Waals surface area contributed by atoms with E-state index in [1.165, 1.54) is 28.1 Å². The number of nitrogens with two attached hydrogens (primary N) is 1. The maximum atomic E-state index is 12.8. The van der Waals surface area contributed by atoms with E-state index in [1.54, 1.807) is 0 Å². The van der Waals surface area contributed by atoms with Gasteiger partial charge in [0.2, 0.25) is 0 Å². The Kier molecular flexibility index (Phi) is 6.26. The molecule has 34 heavy (non-hydrogen) atoms. The summed E-state index contributed by atoms with van der Waals surface area (Å²) < 4.78 is 0. The Morgan fingerprint density at radius 3 is 2.82 bits per heavy atom. The highest BCUT2D eigenvalue weighted by atomic mass is 32.2. The van der Waals surface area contributed by atoms with Gasteiger partial charge < -0.3 is 26.3 Å². The summed E-state index contributed by atoms with van der Waals surface area (Å²) in [7, 11) is 0. The van der Waals surface area contributed by atoms with E-state index in [0.29, 0.717) is 24.1 Å². The first-order valence-electron chi connectivity index (χ1n) is 9.79. The number of thiazole rings is 1. The predicted molar refractivity (Wildman–Crippen MR) is 119 cm³/mol. The Hall–Kier alpha value is -3.90. The van der Waals surface area contributed by atoms with Crippen molar-refractivity contribution >= 4 is 57.6 Å². The van der Waals surface area contributed by atoms with E-state index in [4.69, 9.17) is 11.0 Å². The number of aromatic nitrogens is 1. The van der Waals surface area contributed by atoms with Gasteiger partial charge >= 0.3 is 5.97 Å². The number of likely N-dealkylation sites (tertiary alicyclic amines) is 1. The molecular formula is C19H17N7O6S2. The molecule has 2 atom stereocenters. The molecule has 0 bridgehead atoms. The molecule has 3 amide bonds. The Bertz CT molecular complexity index is 1230. The van der Waals surface area contributed by atoms with Crippen molar-refractivity contribution in [1.82, 2.24) is 20.1 Å². The number of oxime groups is 1. The third-order valence-electron chi connectivity index (χ3n) is 5.39. The first-order valence-corrected chi connectivity index (χ1v) is 11.7. The molecule has 0 unspecified atom stereocenters. The van der Waals surface area contributed by atoms with Crippen molar-refractivity contribution in [1.29, 1.82) is 5.26 Å². The Morgan fingerprint density at radius 1 is 1.44 bits per heavy atom. The molecule has 13 nitrogen and oxygen atoms in total. The number of nitrogens with one attached hydrogen (secondary N) is 1. The summed E-state index contributed by atoms with van der Waals surface area (Å²) in [5.74, 6) is -3.03. The summed E-state index contributed by atoms with van der Waals surface area (Å²) in [4.78, 5) is 56.1. The lowest BCUT2D eigenvalue weighted by molar-refractivity contribution is -0.150. The molecule has 0 radical (unpaired) electrons. The van der Waals surface area contributed by atoms with Gasteiger partial charge in [-0.15, -0.1) is 23.1 Å². The molecule has 176 valence electrons. The number of allylic oxidation sites excluding steroid dienone is 1. The molecule has 4 heterocycles. The molecule has 3 aliphatic rings. The average Bonchev–Trinajstić information content (AvgIpc) is 3.38. The zero-order valence-electron chi connectivity index (χ0n) is 17.3. The van der Waals surface area contributed by atoms with Gasteiger partial charge in [0, 0.05) is 23.3 Å². The highest BCUT2D eigenvalue weighted by molar-refractivity contribution is 8.00. The Labute approximate surface area is 200 Å². The Morgan fingerprint density at radius 2 is 2.21 bits per heavy atom. The summed E-state index contributed by atoms with van der Waals surface area (Å²) >= 11 is 2.26. The molecule has 0 spiro atoms. The molecule has 1 aromatic heterocycles. The van der Waals surface area contributed by atoms with Gasteiger partial charge in [-0.2, -0.15) is 5.26 Å². The fraction of sp³-hybridized carbons (Fsp3) is 0.316. The van der Waals surface area contributed by atoms with E-state index in [0.717, 1.165) is 16.2 Å². The smallest absolute Gasteiger partial charge is 0.352 e. The van der Waals surface area contributed by atoms with Crippen molar-refractivity contribution in [3.8, 4) is 6.07 Å². The van der Waals surface area contributed by atoms with E-state index >= 15 is 0 Å². The molecule has 2 saturated heterocycles. The van der Waals surface area contributed by atoms with E-state index in [1.807, 2.05) is 6.07 Å². The van der Waals surface area contributed by atoms with Gasteiger partial charge in [-0.05, 0) is 18.1 Å². The van der Waals surface area contributed by atoms with Crippen LogP contribution in [0.4, 0.5) is 5.13 Å². The van der Waals surface area contributed by atoms with Gasteiger partial charge in [-0.25, -0.2) is 9.78 Å². The fourth-order valence-electron chi connectivity index (χ4n) is 3.82. The lowest BCUT2D eigenvalue weighted by atomic mass is 10.0. The molecule has 2 fully saturated rings. The molecule has 15 heteroatoms. The Balaban J connectivity index is 1.54. The van der Waals surface area contributed by atoms with Crippen LogP contribution in [0.2, 0.25) is 0 Å². The number of hydrogen-bond acceptors (Lipinski definition) is 11. The highest BCUT2D eigenvalue weighted by Crippen LogP contribution is 2.41. The molecule has 0 aliphatic carbocycles. The number of carboxylic acids is 1. The number of amides is 3. The van der Waals surface area contributed by atoms with Crippen LogP contribution >= 0.6 is 23.1 Å². The van der Waals surface area contributed by atoms with Crippen LogP contribution in [0.3, 0.4) is 0 Å². The van der Waals surface area contributed by atoms with Gasteiger partial charge in [0.05, 0.1) is 6.07 Å². The van der Waals surface area contributed by atoms with Crippen LogP contribution in [0.1, 0.15) is 12.1 Å². The quantitative estimate of drug-likeness (QED) is 0.0962. The van der Waals surface area contributed by atoms with E-state index in [9.17, 15) is 29.5 Å². The molecule has 3 aliphatic heterocycles. The van der Waals surface area contributed by atoms with Crippen LogP contribution in [-0.4, -0.2) is 84.8 Å². The topological polar surface area (TPSA) is 202 Å². The minimum Gasteiger partial charge on any atom is -0.477 e. The number of nitrogen functional groups attached to an aromatic ring is 1. The van der Waals surface area contributed by atoms with Gasteiger partial charge in [0.1, 0.15) is 29.4 Å². The number of aliphatic carboxylic acids is 1. The number of carbonyl (C=O) groups excluding carboxylic acids is 3. The van der Waals surface area contributed by atoms with Gasteiger partial charge in [-0.1, -0.05) is 5.16 Å². The van der Waals surface area contributed by atoms with Crippen LogP contribution < -0.4 is 11.1 Å².